The van der Waals surface area contributed by atoms with Crippen molar-refractivity contribution >= 4 is 36.9 Å². The van der Waals surface area contributed by atoms with E-state index >= 15 is 0 Å². The molecule has 2 aromatic rings. The second-order valence-electron chi connectivity index (χ2n) is 4.88. The molecule has 0 fully saturated rings. The number of anilines is 2. The van der Waals surface area contributed by atoms with Crippen LogP contribution in [-0.4, -0.2) is 30.3 Å². The zero-order valence-electron chi connectivity index (χ0n) is 12.2. The molecule has 3 N–H and O–H groups in total. The van der Waals surface area contributed by atoms with Crippen LogP contribution in [0.3, 0.4) is 0 Å². The summed E-state index contributed by atoms with van der Waals surface area (Å²) in [6.07, 6.45) is 3.03. The van der Waals surface area contributed by atoms with Gasteiger partial charge in [-0.1, -0.05) is 5.16 Å². The van der Waals surface area contributed by atoms with E-state index in [1.807, 2.05) is 0 Å². The zero-order chi connectivity index (χ0) is 16.5. The number of nitrogens with two attached hydrogens (primary N) is 1. The first-order valence-electron chi connectivity index (χ1n) is 6.10. The van der Waals surface area contributed by atoms with Crippen LogP contribution in [0.1, 0.15) is 5.76 Å². The van der Waals surface area contributed by atoms with E-state index in [0.717, 1.165) is 0 Å². The molecule has 0 saturated carbocycles. The van der Waals surface area contributed by atoms with Crippen molar-refractivity contribution in [3.05, 3.63) is 30.0 Å². The standard InChI is InChI=1S/C12H16N4O4S2/c1-8-11(12(13)14-20-8)22(18,19)16-10-6-4-9(5-7-10)15-21(2,3)17/h4-7,16H,1-3H3,(H2,13,14). The van der Waals surface area contributed by atoms with Gasteiger partial charge in [0.1, 0.15) is 0 Å². The van der Waals surface area contributed by atoms with Gasteiger partial charge in [0.2, 0.25) is 0 Å². The summed E-state index contributed by atoms with van der Waals surface area (Å²) in [6.45, 7) is 1.46. The van der Waals surface area contributed by atoms with Gasteiger partial charge in [-0.15, -0.1) is 0 Å². The van der Waals surface area contributed by atoms with Crippen molar-refractivity contribution in [2.45, 2.75) is 11.8 Å². The first-order chi connectivity index (χ1) is 10.1. The minimum Gasteiger partial charge on any atom is -0.380 e. The van der Waals surface area contributed by atoms with Crippen LogP contribution in [0.15, 0.2) is 38.0 Å². The van der Waals surface area contributed by atoms with Gasteiger partial charge in [-0.2, -0.15) is 4.36 Å². The Morgan fingerprint density at radius 3 is 2.23 bits per heavy atom. The Morgan fingerprint density at radius 2 is 1.77 bits per heavy atom. The van der Waals surface area contributed by atoms with Gasteiger partial charge in [-0.25, -0.2) is 12.6 Å². The lowest BCUT2D eigenvalue weighted by molar-refractivity contribution is 0.396. The molecular formula is C12H16N4O4S2. The lowest BCUT2D eigenvalue weighted by atomic mass is 10.3. The summed E-state index contributed by atoms with van der Waals surface area (Å²) >= 11 is 0. The number of nitrogens with one attached hydrogen (secondary N) is 1. The number of hydrogen-bond acceptors (Lipinski definition) is 7. The number of aryl methyl sites for hydroxylation is 1. The van der Waals surface area contributed by atoms with E-state index in [4.69, 9.17) is 10.3 Å². The molecule has 10 heteroatoms. The summed E-state index contributed by atoms with van der Waals surface area (Å²) in [5.41, 5.74) is 6.32. The molecule has 1 heterocycles. The number of sulfonamides is 1. The zero-order valence-corrected chi connectivity index (χ0v) is 13.9. The van der Waals surface area contributed by atoms with Gasteiger partial charge in [0, 0.05) is 27.9 Å². The normalized spacial score (nSPS) is 12.1. The second-order valence-corrected chi connectivity index (χ2v) is 9.04. The number of rotatable bonds is 4. The summed E-state index contributed by atoms with van der Waals surface area (Å²) in [5.74, 6) is -0.0957. The fraction of sp³-hybridized carbons (Fsp3) is 0.250. The quantitative estimate of drug-likeness (QED) is 0.869. The van der Waals surface area contributed by atoms with Gasteiger partial charge in [0.25, 0.3) is 10.0 Å². The maximum absolute atomic E-state index is 12.3. The van der Waals surface area contributed by atoms with E-state index in [2.05, 4.69) is 14.2 Å². The summed E-state index contributed by atoms with van der Waals surface area (Å²) in [6, 6.07) is 6.16. The Hall–Kier alpha value is -2.07. The van der Waals surface area contributed by atoms with Gasteiger partial charge < -0.3 is 10.3 Å². The van der Waals surface area contributed by atoms with Gasteiger partial charge >= 0.3 is 0 Å². The smallest absolute Gasteiger partial charge is 0.269 e. The number of nitrogen functional groups attached to an aromatic ring is 1. The minimum absolute atomic E-state index is 0.105. The van der Waals surface area contributed by atoms with Crippen molar-refractivity contribution in [1.29, 1.82) is 0 Å². The predicted molar refractivity (Wildman–Crippen MR) is 85.0 cm³/mol. The summed E-state index contributed by atoms with van der Waals surface area (Å²) in [5, 5.41) is 3.42. The Morgan fingerprint density at radius 1 is 1.18 bits per heavy atom. The lowest BCUT2D eigenvalue weighted by Crippen LogP contribution is -2.14. The number of nitrogens with zero attached hydrogens (tertiary/aromatic N) is 2. The molecular weight excluding hydrogens is 328 g/mol. The maximum atomic E-state index is 12.3. The Balaban J connectivity index is 2.30. The summed E-state index contributed by atoms with van der Waals surface area (Å²) in [7, 11) is -6.17. The molecule has 0 saturated heterocycles. The number of benzene rings is 1. The van der Waals surface area contributed by atoms with Crippen LogP contribution in [0.2, 0.25) is 0 Å². The summed E-state index contributed by atoms with van der Waals surface area (Å²) in [4.78, 5) is -0.189. The lowest BCUT2D eigenvalue weighted by Gasteiger charge is -2.07. The predicted octanol–water partition coefficient (Wildman–Crippen LogP) is 1.73. The molecule has 22 heavy (non-hydrogen) atoms. The molecule has 120 valence electrons. The topological polar surface area (TPSA) is 128 Å². The van der Waals surface area contributed by atoms with E-state index in [0.29, 0.717) is 11.4 Å². The SMILES string of the molecule is Cc1onc(N)c1S(=O)(=O)Nc1ccc(N=S(C)(C)=O)cc1. The van der Waals surface area contributed by atoms with Crippen LogP contribution in [0.4, 0.5) is 17.2 Å². The minimum atomic E-state index is -3.90. The highest BCUT2D eigenvalue weighted by molar-refractivity contribution is 7.93. The van der Waals surface area contributed by atoms with E-state index < -0.39 is 19.8 Å². The fourth-order valence-electron chi connectivity index (χ4n) is 1.76. The molecule has 0 radical (unpaired) electrons. The highest BCUT2D eigenvalue weighted by Gasteiger charge is 2.25. The van der Waals surface area contributed by atoms with Crippen molar-refractivity contribution in [2.75, 3.05) is 23.0 Å². The van der Waals surface area contributed by atoms with E-state index in [9.17, 15) is 12.6 Å². The monoisotopic (exact) mass is 344 g/mol. The van der Waals surface area contributed by atoms with Crippen LogP contribution >= 0.6 is 0 Å². The largest absolute Gasteiger partial charge is 0.380 e. The first-order valence-corrected chi connectivity index (χ1v) is 9.92. The molecule has 0 aliphatic heterocycles. The van der Waals surface area contributed by atoms with Crippen molar-refractivity contribution < 1.29 is 17.1 Å². The number of hydrogen-bond donors (Lipinski definition) is 2. The van der Waals surface area contributed by atoms with Crippen molar-refractivity contribution in [1.82, 2.24) is 5.16 Å². The average Bonchev–Trinajstić information content (AvgIpc) is 2.70. The molecule has 0 aliphatic rings. The molecule has 0 amide bonds. The Bertz CT molecular complexity index is 880. The van der Waals surface area contributed by atoms with Crippen molar-refractivity contribution in [3.63, 3.8) is 0 Å². The third kappa shape index (κ3) is 3.77. The molecule has 8 nitrogen and oxygen atoms in total. The van der Waals surface area contributed by atoms with Crippen LogP contribution in [0.5, 0.6) is 0 Å². The van der Waals surface area contributed by atoms with Gasteiger partial charge in [-0.05, 0) is 31.2 Å². The van der Waals surface area contributed by atoms with Gasteiger partial charge in [0.15, 0.2) is 16.5 Å². The molecule has 1 aromatic carbocycles. The fourth-order valence-corrected chi connectivity index (χ4v) is 3.66. The first kappa shape index (κ1) is 16.3. The second kappa shape index (κ2) is 5.61. The molecule has 0 spiro atoms. The molecule has 0 aliphatic carbocycles. The third-order valence-electron chi connectivity index (χ3n) is 2.55. The van der Waals surface area contributed by atoms with Crippen molar-refractivity contribution in [2.24, 2.45) is 4.36 Å². The molecule has 0 atom stereocenters. The summed E-state index contributed by atoms with van der Waals surface area (Å²) < 4.78 is 47.2. The molecule has 0 bridgehead atoms. The Labute approximate surface area is 128 Å². The molecule has 0 unspecified atom stereocenters. The van der Waals surface area contributed by atoms with Crippen molar-refractivity contribution in [3.8, 4) is 0 Å². The Kier molecular flexibility index (Phi) is 4.16. The number of aromatic nitrogens is 1. The third-order valence-corrected chi connectivity index (χ3v) is 4.74. The molecule has 2 rings (SSSR count). The van der Waals surface area contributed by atoms with E-state index in [1.54, 1.807) is 12.1 Å². The van der Waals surface area contributed by atoms with E-state index in [-0.39, 0.29) is 16.5 Å². The van der Waals surface area contributed by atoms with Crippen LogP contribution < -0.4 is 10.5 Å². The highest BCUT2D eigenvalue weighted by Crippen LogP contribution is 2.25. The molecule has 1 aromatic heterocycles. The average molecular weight is 344 g/mol. The van der Waals surface area contributed by atoms with Gasteiger partial charge in [-0.3, -0.25) is 4.72 Å². The maximum Gasteiger partial charge on any atom is 0.269 e. The van der Waals surface area contributed by atoms with Crippen LogP contribution in [0.25, 0.3) is 0 Å². The van der Waals surface area contributed by atoms with E-state index in [1.165, 1.54) is 31.6 Å². The van der Waals surface area contributed by atoms with Crippen LogP contribution in [0, 0.1) is 6.92 Å². The van der Waals surface area contributed by atoms with Gasteiger partial charge in [0.05, 0.1) is 5.69 Å². The van der Waals surface area contributed by atoms with Crippen LogP contribution in [-0.2, 0) is 19.8 Å². The highest BCUT2D eigenvalue weighted by atomic mass is 32.2.